The molecule has 0 aliphatic carbocycles. The van der Waals surface area contributed by atoms with E-state index >= 15 is 0 Å². The summed E-state index contributed by atoms with van der Waals surface area (Å²) < 4.78 is 12.7. The first-order valence-corrected chi connectivity index (χ1v) is 11.9. The van der Waals surface area contributed by atoms with Gasteiger partial charge in [0.15, 0.2) is 11.6 Å². The number of hydrogen-bond donors (Lipinski definition) is 2. The second-order valence-electron chi connectivity index (χ2n) is 8.46. The lowest BCUT2D eigenvalue weighted by Gasteiger charge is -2.28. The number of hydrogen-bond acceptors (Lipinski definition) is 7. The smallest absolute Gasteiger partial charge is 0.319 e. The Kier molecular flexibility index (Phi) is 7.18. The van der Waals surface area contributed by atoms with Crippen LogP contribution >= 0.6 is 0 Å². The van der Waals surface area contributed by atoms with Gasteiger partial charge >= 0.3 is 6.03 Å². The Labute approximate surface area is 198 Å². The van der Waals surface area contributed by atoms with Crippen LogP contribution in [0.5, 0.6) is 0 Å². The van der Waals surface area contributed by atoms with Crippen LogP contribution in [0.15, 0.2) is 42.6 Å². The summed E-state index contributed by atoms with van der Waals surface area (Å²) in [5.74, 6) is 1.56. The number of nitrogens with zero attached hydrogens (tertiary/aromatic N) is 5. The molecule has 0 saturated carbocycles. The molecular weight excluding hydrogens is 434 g/mol. The molecule has 2 fully saturated rings. The van der Waals surface area contributed by atoms with E-state index in [-0.39, 0.29) is 6.03 Å². The molecule has 10 heteroatoms. The highest BCUT2D eigenvalue weighted by atomic mass is 16.5. The van der Waals surface area contributed by atoms with Crippen molar-refractivity contribution in [1.82, 2.24) is 24.8 Å². The molecule has 3 aromatic rings. The van der Waals surface area contributed by atoms with Gasteiger partial charge in [-0.1, -0.05) is 0 Å². The summed E-state index contributed by atoms with van der Waals surface area (Å²) in [5, 5.41) is 10.5. The molecule has 34 heavy (non-hydrogen) atoms. The van der Waals surface area contributed by atoms with E-state index in [2.05, 4.69) is 25.5 Å². The van der Waals surface area contributed by atoms with E-state index in [9.17, 15) is 4.79 Å². The largest absolute Gasteiger partial charge is 0.379 e. The molecule has 0 radical (unpaired) electrons. The van der Waals surface area contributed by atoms with Gasteiger partial charge < -0.3 is 25.0 Å². The summed E-state index contributed by atoms with van der Waals surface area (Å²) >= 11 is 0. The predicted octanol–water partition coefficient (Wildman–Crippen LogP) is 2.08. The number of nitrogens with one attached hydrogen (secondary N) is 2. The Morgan fingerprint density at radius 1 is 0.971 bits per heavy atom. The van der Waals surface area contributed by atoms with Gasteiger partial charge in [-0.05, 0) is 49.4 Å². The van der Waals surface area contributed by atoms with Gasteiger partial charge in [0.2, 0.25) is 0 Å². The molecule has 2 N–H and O–H groups in total. The second-order valence-corrected chi connectivity index (χ2v) is 8.46. The molecule has 0 unspecified atom stereocenters. The lowest BCUT2D eigenvalue weighted by molar-refractivity contribution is 0.0375. The highest BCUT2D eigenvalue weighted by Crippen LogP contribution is 2.25. The Morgan fingerprint density at radius 2 is 1.71 bits per heavy atom. The first-order chi connectivity index (χ1) is 16.8. The molecule has 2 aliphatic rings. The van der Waals surface area contributed by atoms with Gasteiger partial charge in [-0.15, -0.1) is 5.10 Å². The lowest BCUT2D eigenvalue weighted by atomic mass is 10.2. The monoisotopic (exact) mass is 465 g/mol. The maximum atomic E-state index is 12.3. The number of carbonyl (C=O) groups excluding carboxylic acids is 1. The zero-order valence-corrected chi connectivity index (χ0v) is 19.3. The predicted molar refractivity (Wildman–Crippen MR) is 130 cm³/mol. The van der Waals surface area contributed by atoms with Gasteiger partial charge in [0.25, 0.3) is 0 Å². The number of fused-ring (bicyclic) bond motifs is 1. The topological polar surface area (TPSA) is 96.3 Å². The minimum absolute atomic E-state index is 0.200. The highest BCUT2D eigenvalue weighted by molar-refractivity contribution is 5.89. The fourth-order valence-corrected chi connectivity index (χ4v) is 4.26. The number of aromatic nitrogens is 3. The number of benzene rings is 1. The number of amides is 2. The number of morpholine rings is 2. The fourth-order valence-electron chi connectivity index (χ4n) is 4.26. The van der Waals surface area contributed by atoms with E-state index in [1.807, 2.05) is 47.1 Å². The van der Waals surface area contributed by atoms with Crippen LogP contribution in [0.2, 0.25) is 0 Å². The van der Waals surface area contributed by atoms with Crippen molar-refractivity contribution < 1.29 is 14.3 Å². The van der Waals surface area contributed by atoms with Crippen LogP contribution in [0.4, 0.5) is 16.3 Å². The van der Waals surface area contributed by atoms with E-state index in [0.717, 1.165) is 74.9 Å². The van der Waals surface area contributed by atoms with Gasteiger partial charge in [-0.3, -0.25) is 4.90 Å². The van der Waals surface area contributed by atoms with Crippen molar-refractivity contribution in [2.75, 3.05) is 75.9 Å². The molecule has 2 saturated heterocycles. The average Bonchev–Trinajstić information content (AvgIpc) is 3.37. The van der Waals surface area contributed by atoms with Gasteiger partial charge in [-0.2, -0.15) is 0 Å². The standard InChI is InChI=1S/C24H31N7O3/c32-24(25-8-2-9-29-11-15-33-16-12-29)26-20-6-4-19(5-7-20)22-27-23(30-13-17-34-18-14-30)21-3-1-10-31(21)28-22/h1,3-7,10H,2,8-9,11-18H2,(H2,25,26,32). The SMILES string of the molecule is O=C(NCCCN1CCOCC1)Nc1ccc(-c2nc(N3CCOCC3)c3cccn3n2)cc1. The van der Waals surface area contributed by atoms with Gasteiger partial charge in [0, 0.05) is 50.2 Å². The van der Waals surface area contributed by atoms with Crippen molar-refractivity contribution in [3.05, 3.63) is 42.6 Å². The third kappa shape index (κ3) is 5.46. The number of ether oxygens (including phenoxy) is 2. The van der Waals surface area contributed by atoms with Crippen LogP contribution in [-0.2, 0) is 9.47 Å². The Balaban J connectivity index is 1.19. The Bertz CT molecular complexity index is 1090. The molecule has 180 valence electrons. The number of rotatable bonds is 7. The van der Waals surface area contributed by atoms with Crippen LogP contribution in [0.3, 0.4) is 0 Å². The van der Waals surface area contributed by atoms with Gasteiger partial charge in [0.1, 0.15) is 5.52 Å². The zero-order chi connectivity index (χ0) is 23.2. The third-order valence-electron chi connectivity index (χ3n) is 6.12. The Hall–Kier alpha value is -3.21. The summed E-state index contributed by atoms with van der Waals surface area (Å²) in [5.41, 5.74) is 2.60. The normalized spacial score (nSPS) is 17.1. The second kappa shape index (κ2) is 10.8. The molecule has 0 spiro atoms. The minimum atomic E-state index is -0.200. The molecule has 5 rings (SSSR count). The maximum Gasteiger partial charge on any atom is 0.319 e. The molecule has 2 amide bonds. The molecule has 1 aromatic carbocycles. The fraction of sp³-hybridized carbons (Fsp3) is 0.458. The van der Waals surface area contributed by atoms with Crippen molar-refractivity contribution in [3.63, 3.8) is 0 Å². The molecule has 2 aromatic heterocycles. The number of urea groups is 1. The van der Waals surface area contributed by atoms with Crippen molar-refractivity contribution in [2.24, 2.45) is 0 Å². The van der Waals surface area contributed by atoms with Crippen molar-refractivity contribution in [3.8, 4) is 11.4 Å². The third-order valence-corrected chi connectivity index (χ3v) is 6.12. The van der Waals surface area contributed by atoms with E-state index in [4.69, 9.17) is 14.5 Å². The van der Waals surface area contributed by atoms with Crippen molar-refractivity contribution in [2.45, 2.75) is 6.42 Å². The van der Waals surface area contributed by atoms with E-state index in [1.54, 1.807) is 0 Å². The van der Waals surface area contributed by atoms with Crippen LogP contribution in [0.25, 0.3) is 16.9 Å². The molecule has 4 heterocycles. The lowest BCUT2D eigenvalue weighted by Crippen LogP contribution is -2.38. The molecule has 10 nitrogen and oxygen atoms in total. The van der Waals surface area contributed by atoms with E-state index in [0.29, 0.717) is 25.6 Å². The minimum Gasteiger partial charge on any atom is -0.379 e. The van der Waals surface area contributed by atoms with Crippen LogP contribution in [-0.4, -0.2) is 91.2 Å². The molecule has 0 bridgehead atoms. The van der Waals surface area contributed by atoms with Gasteiger partial charge in [0.05, 0.1) is 26.4 Å². The molecule has 2 aliphatic heterocycles. The van der Waals surface area contributed by atoms with E-state index < -0.39 is 0 Å². The highest BCUT2D eigenvalue weighted by Gasteiger charge is 2.18. The summed E-state index contributed by atoms with van der Waals surface area (Å²) in [6.07, 6.45) is 2.85. The zero-order valence-electron chi connectivity index (χ0n) is 19.3. The number of carbonyl (C=O) groups is 1. The summed E-state index contributed by atoms with van der Waals surface area (Å²) in [7, 11) is 0. The quantitative estimate of drug-likeness (QED) is 0.516. The first kappa shape index (κ1) is 22.6. The summed E-state index contributed by atoms with van der Waals surface area (Å²) in [6.45, 7) is 8.13. The van der Waals surface area contributed by atoms with E-state index in [1.165, 1.54) is 0 Å². The average molecular weight is 466 g/mol. The summed E-state index contributed by atoms with van der Waals surface area (Å²) in [6, 6.07) is 11.4. The summed E-state index contributed by atoms with van der Waals surface area (Å²) in [4.78, 5) is 21.7. The van der Waals surface area contributed by atoms with Crippen LogP contribution < -0.4 is 15.5 Å². The van der Waals surface area contributed by atoms with Crippen LogP contribution in [0.1, 0.15) is 6.42 Å². The van der Waals surface area contributed by atoms with Gasteiger partial charge in [-0.25, -0.2) is 14.3 Å². The molecule has 0 atom stereocenters. The maximum absolute atomic E-state index is 12.3. The first-order valence-electron chi connectivity index (χ1n) is 11.9. The molecular formula is C24H31N7O3. The van der Waals surface area contributed by atoms with Crippen molar-refractivity contribution in [1.29, 1.82) is 0 Å². The number of anilines is 2. The van der Waals surface area contributed by atoms with Crippen molar-refractivity contribution >= 4 is 23.1 Å². The Morgan fingerprint density at radius 3 is 2.47 bits per heavy atom. The van der Waals surface area contributed by atoms with Crippen LogP contribution in [0, 0.1) is 0 Å².